The van der Waals surface area contributed by atoms with Crippen LogP contribution in [0.5, 0.6) is 0 Å². The lowest BCUT2D eigenvalue weighted by Gasteiger charge is -2.21. The van der Waals surface area contributed by atoms with Gasteiger partial charge in [0.25, 0.3) is 0 Å². The van der Waals surface area contributed by atoms with Crippen LogP contribution >= 0.6 is 23.1 Å². The van der Waals surface area contributed by atoms with E-state index in [2.05, 4.69) is 40.1 Å². The first-order chi connectivity index (χ1) is 9.63. The van der Waals surface area contributed by atoms with E-state index in [1.807, 2.05) is 6.92 Å². The lowest BCUT2D eigenvalue weighted by molar-refractivity contribution is 0.0778. The quantitative estimate of drug-likeness (QED) is 0.576. The van der Waals surface area contributed by atoms with Gasteiger partial charge in [-0.05, 0) is 37.5 Å². The number of aliphatic imine (C=N–C) groups is 1. The molecule has 1 fully saturated rings. The summed E-state index contributed by atoms with van der Waals surface area (Å²) < 4.78 is 0. The SMILES string of the molecule is CCNC(=NCC1(O)CCSC1)NC(C)c1cccs1. The van der Waals surface area contributed by atoms with E-state index >= 15 is 0 Å². The van der Waals surface area contributed by atoms with Gasteiger partial charge < -0.3 is 15.7 Å². The Morgan fingerprint density at radius 2 is 2.45 bits per heavy atom. The molecule has 6 heteroatoms. The highest BCUT2D eigenvalue weighted by Crippen LogP contribution is 2.27. The van der Waals surface area contributed by atoms with Crippen molar-refractivity contribution < 1.29 is 5.11 Å². The smallest absolute Gasteiger partial charge is 0.191 e. The molecule has 2 atom stereocenters. The Balaban J connectivity index is 1.95. The third-order valence-corrected chi connectivity index (χ3v) is 5.57. The summed E-state index contributed by atoms with van der Waals surface area (Å²) >= 11 is 3.54. The van der Waals surface area contributed by atoms with Gasteiger partial charge in [-0.25, -0.2) is 0 Å². The average Bonchev–Trinajstić information content (AvgIpc) is 3.08. The van der Waals surface area contributed by atoms with Crippen molar-refractivity contribution in [2.45, 2.75) is 31.9 Å². The summed E-state index contributed by atoms with van der Waals surface area (Å²) in [6.07, 6.45) is 0.834. The molecule has 0 aliphatic carbocycles. The van der Waals surface area contributed by atoms with Crippen molar-refractivity contribution in [3.63, 3.8) is 0 Å². The Kier molecular flexibility index (Phi) is 5.74. The fourth-order valence-electron chi connectivity index (χ4n) is 2.08. The van der Waals surface area contributed by atoms with E-state index in [1.165, 1.54) is 4.88 Å². The largest absolute Gasteiger partial charge is 0.387 e. The van der Waals surface area contributed by atoms with Gasteiger partial charge in [0.15, 0.2) is 5.96 Å². The monoisotopic (exact) mass is 313 g/mol. The van der Waals surface area contributed by atoms with Crippen LogP contribution in [-0.2, 0) is 0 Å². The average molecular weight is 313 g/mol. The number of rotatable bonds is 5. The first-order valence-corrected chi connectivity index (χ1v) is 9.05. The molecule has 2 heterocycles. The van der Waals surface area contributed by atoms with Gasteiger partial charge in [-0.1, -0.05) is 6.07 Å². The summed E-state index contributed by atoms with van der Waals surface area (Å²) in [5.74, 6) is 2.59. The van der Waals surface area contributed by atoms with Crippen LogP contribution in [0.3, 0.4) is 0 Å². The molecule has 0 aromatic carbocycles. The van der Waals surface area contributed by atoms with E-state index in [4.69, 9.17) is 0 Å². The van der Waals surface area contributed by atoms with Gasteiger partial charge in [0.05, 0.1) is 18.2 Å². The molecule has 1 saturated heterocycles. The standard InChI is InChI=1S/C14H23N3OS2/c1-3-15-13(16-9-14(18)6-8-19-10-14)17-11(2)12-5-4-7-20-12/h4-5,7,11,18H,3,6,8-10H2,1-2H3,(H2,15,16,17). The van der Waals surface area contributed by atoms with E-state index < -0.39 is 5.60 Å². The molecule has 1 aromatic heterocycles. The van der Waals surface area contributed by atoms with Gasteiger partial charge in [0, 0.05) is 17.2 Å². The molecular weight excluding hydrogens is 290 g/mol. The Morgan fingerprint density at radius 1 is 1.60 bits per heavy atom. The predicted octanol–water partition coefficient (Wildman–Crippen LogP) is 2.23. The maximum absolute atomic E-state index is 10.3. The van der Waals surface area contributed by atoms with Crippen LogP contribution in [0.4, 0.5) is 0 Å². The number of nitrogens with one attached hydrogen (secondary N) is 2. The second-order valence-corrected chi connectivity index (χ2v) is 7.19. The van der Waals surface area contributed by atoms with Crippen molar-refractivity contribution >= 4 is 29.1 Å². The van der Waals surface area contributed by atoms with Crippen LogP contribution in [0.15, 0.2) is 22.5 Å². The zero-order chi connectivity index (χ0) is 14.4. The summed E-state index contributed by atoms with van der Waals surface area (Å²) in [5, 5.41) is 19.1. The summed E-state index contributed by atoms with van der Waals surface area (Å²) in [5.41, 5.74) is -0.626. The molecule has 0 radical (unpaired) electrons. The third-order valence-electron chi connectivity index (χ3n) is 3.28. The third kappa shape index (κ3) is 4.40. The summed E-state index contributed by atoms with van der Waals surface area (Å²) in [4.78, 5) is 5.84. The molecule has 3 N–H and O–H groups in total. The minimum absolute atomic E-state index is 0.223. The molecule has 20 heavy (non-hydrogen) atoms. The van der Waals surface area contributed by atoms with Crippen LogP contribution in [0, 0.1) is 0 Å². The Hall–Kier alpha value is -0.720. The minimum atomic E-state index is -0.626. The van der Waals surface area contributed by atoms with E-state index in [1.54, 1.807) is 23.1 Å². The van der Waals surface area contributed by atoms with Crippen LogP contribution in [0.2, 0.25) is 0 Å². The molecule has 1 aliphatic heterocycles. The molecule has 0 saturated carbocycles. The molecule has 1 aliphatic rings. The number of guanidine groups is 1. The molecule has 2 rings (SSSR count). The fourth-order valence-corrected chi connectivity index (χ4v) is 4.10. The minimum Gasteiger partial charge on any atom is -0.387 e. The van der Waals surface area contributed by atoms with E-state index in [0.717, 1.165) is 30.4 Å². The van der Waals surface area contributed by atoms with E-state index in [0.29, 0.717) is 6.54 Å². The number of thiophene rings is 1. The maximum atomic E-state index is 10.3. The molecule has 4 nitrogen and oxygen atoms in total. The highest BCUT2D eigenvalue weighted by atomic mass is 32.2. The topological polar surface area (TPSA) is 56.7 Å². The molecule has 2 unspecified atom stereocenters. The Morgan fingerprint density at radius 3 is 3.05 bits per heavy atom. The second kappa shape index (κ2) is 7.33. The number of nitrogens with zero attached hydrogens (tertiary/aromatic N) is 1. The highest BCUT2D eigenvalue weighted by molar-refractivity contribution is 7.99. The number of thioether (sulfide) groups is 1. The molecule has 112 valence electrons. The number of hydrogen-bond donors (Lipinski definition) is 3. The zero-order valence-corrected chi connectivity index (χ0v) is 13.7. The van der Waals surface area contributed by atoms with Crippen molar-refractivity contribution in [3.8, 4) is 0 Å². The molecular formula is C14H23N3OS2. The number of hydrogen-bond acceptors (Lipinski definition) is 4. The van der Waals surface area contributed by atoms with Crippen molar-refractivity contribution in [1.82, 2.24) is 10.6 Å². The van der Waals surface area contributed by atoms with Crippen LogP contribution < -0.4 is 10.6 Å². The Bertz CT molecular complexity index is 428. The maximum Gasteiger partial charge on any atom is 0.191 e. The van der Waals surface area contributed by atoms with Gasteiger partial charge in [0.1, 0.15) is 0 Å². The number of aliphatic hydroxyl groups is 1. The predicted molar refractivity (Wildman–Crippen MR) is 88.7 cm³/mol. The summed E-state index contributed by atoms with van der Waals surface area (Å²) in [6, 6.07) is 4.40. The normalized spacial score (nSPS) is 24.6. The van der Waals surface area contributed by atoms with Gasteiger partial charge in [0.2, 0.25) is 0 Å². The van der Waals surface area contributed by atoms with Crippen molar-refractivity contribution in [2.24, 2.45) is 4.99 Å². The molecule has 1 aromatic rings. The van der Waals surface area contributed by atoms with Gasteiger partial charge >= 0.3 is 0 Å². The van der Waals surface area contributed by atoms with Crippen molar-refractivity contribution in [1.29, 1.82) is 0 Å². The fraction of sp³-hybridized carbons (Fsp3) is 0.643. The Labute approximate surface area is 129 Å². The lowest BCUT2D eigenvalue weighted by atomic mass is 10.1. The van der Waals surface area contributed by atoms with E-state index in [-0.39, 0.29) is 6.04 Å². The van der Waals surface area contributed by atoms with Crippen LogP contribution in [0.25, 0.3) is 0 Å². The molecule has 0 spiro atoms. The first-order valence-electron chi connectivity index (χ1n) is 7.01. The second-order valence-electron chi connectivity index (χ2n) is 5.10. The first kappa shape index (κ1) is 15.7. The summed E-state index contributed by atoms with van der Waals surface area (Å²) in [7, 11) is 0. The van der Waals surface area contributed by atoms with Crippen LogP contribution in [0.1, 0.15) is 31.2 Å². The molecule has 0 bridgehead atoms. The zero-order valence-electron chi connectivity index (χ0n) is 12.1. The van der Waals surface area contributed by atoms with Crippen molar-refractivity contribution in [2.75, 3.05) is 24.6 Å². The highest BCUT2D eigenvalue weighted by Gasteiger charge is 2.31. The van der Waals surface area contributed by atoms with Crippen molar-refractivity contribution in [3.05, 3.63) is 22.4 Å². The van der Waals surface area contributed by atoms with Gasteiger partial charge in [-0.3, -0.25) is 4.99 Å². The summed E-state index contributed by atoms with van der Waals surface area (Å²) in [6.45, 7) is 5.45. The van der Waals surface area contributed by atoms with Gasteiger partial charge in [-0.15, -0.1) is 11.3 Å². The lowest BCUT2D eigenvalue weighted by Crippen LogP contribution is -2.41. The van der Waals surface area contributed by atoms with E-state index in [9.17, 15) is 5.11 Å². The van der Waals surface area contributed by atoms with Gasteiger partial charge in [-0.2, -0.15) is 11.8 Å². The molecule has 0 amide bonds. The van der Waals surface area contributed by atoms with Crippen LogP contribution in [-0.4, -0.2) is 41.3 Å².